The topological polar surface area (TPSA) is 133 Å². The van der Waals surface area contributed by atoms with Crippen LogP contribution in [0.2, 0.25) is 5.02 Å². The predicted octanol–water partition coefficient (Wildman–Crippen LogP) is 3.39. The van der Waals surface area contributed by atoms with Crippen LogP contribution in [0.15, 0.2) is 54.7 Å². The lowest BCUT2D eigenvalue weighted by atomic mass is 10.1. The number of rotatable bonds is 12. The lowest BCUT2D eigenvalue weighted by Crippen LogP contribution is -2.51. The Hall–Kier alpha value is -3.80. The van der Waals surface area contributed by atoms with Crippen LogP contribution in [0, 0.1) is 5.82 Å². The number of benzene rings is 2. The minimum Gasteiger partial charge on any atom is -0.447 e. The zero-order valence-corrected chi connectivity index (χ0v) is 21.5. The number of nitrogens with one attached hydrogen (secondary N) is 3. The fourth-order valence-electron chi connectivity index (χ4n) is 3.69. The maximum Gasteiger partial charge on any atom is 0.412 e. The van der Waals surface area contributed by atoms with Crippen LogP contribution in [0.3, 0.4) is 0 Å². The van der Waals surface area contributed by atoms with Crippen molar-refractivity contribution >= 4 is 46.1 Å². The smallest absolute Gasteiger partial charge is 0.412 e. The Labute approximate surface area is 224 Å². The normalized spacial score (nSPS) is 11.6. The second-order valence-corrected chi connectivity index (χ2v) is 8.72. The summed E-state index contributed by atoms with van der Waals surface area (Å²) >= 11 is 6.03. The van der Waals surface area contributed by atoms with Gasteiger partial charge in [0.2, 0.25) is 11.8 Å². The first-order chi connectivity index (χ1) is 18.3. The van der Waals surface area contributed by atoms with E-state index in [1.54, 1.807) is 18.3 Å². The second-order valence-electron chi connectivity index (χ2n) is 8.34. The van der Waals surface area contributed by atoms with Gasteiger partial charge >= 0.3 is 6.09 Å². The van der Waals surface area contributed by atoms with Crippen LogP contribution in [0.5, 0.6) is 0 Å². The largest absolute Gasteiger partial charge is 0.447 e. The highest BCUT2D eigenvalue weighted by atomic mass is 35.5. The van der Waals surface area contributed by atoms with Gasteiger partial charge in [0.05, 0.1) is 17.7 Å². The highest BCUT2D eigenvalue weighted by molar-refractivity contribution is 6.31. The molecule has 0 radical (unpaired) electrons. The quantitative estimate of drug-likeness (QED) is 0.256. The van der Waals surface area contributed by atoms with Crippen LogP contribution >= 0.6 is 11.6 Å². The van der Waals surface area contributed by atoms with E-state index in [4.69, 9.17) is 21.4 Å². The molecule has 3 amide bonds. The summed E-state index contributed by atoms with van der Waals surface area (Å²) < 4.78 is 19.2. The number of amides is 3. The summed E-state index contributed by atoms with van der Waals surface area (Å²) in [5.74, 6) is -1.07. The minimum atomic E-state index is -0.792. The molecular weight excluding hydrogens is 517 g/mol. The van der Waals surface area contributed by atoms with Crippen LogP contribution in [-0.2, 0) is 20.9 Å². The van der Waals surface area contributed by atoms with Gasteiger partial charge in [-0.05, 0) is 29.5 Å². The number of anilines is 1. The Kier molecular flexibility index (Phi) is 10.8. The number of nitrogens with zero attached hydrogens (tertiary/aromatic N) is 2. The van der Waals surface area contributed by atoms with Gasteiger partial charge in [0, 0.05) is 38.0 Å². The summed E-state index contributed by atoms with van der Waals surface area (Å²) in [6.45, 7) is 0.940. The molecule has 3 rings (SSSR count). The minimum absolute atomic E-state index is 0.00590. The molecule has 38 heavy (non-hydrogen) atoms. The second kappa shape index (κ2) is 14.2. The summed E-state index contributed by atoms with van der Waals surface area (Å²) in [4.78, 5) is 41.3. The fourth-order valence-corrected chi connectivity index (χ4v) is 3.88. The van der Waals surface area contributed by atoms with E-state index in [9.17, 15) is 18.8 Å². The average molecular weight is 546 g/mol. The van der Waals surface area contributed by atoms with E-state index in [2.05, 4.69) is 21.0 Å². The van der Waals surface area contributed by atoms with E-state index in [0.29, 0.717) is 5.56 Å². The van der Waals surface area contributed by atoms with Gasteiger partial charge in [-0.2, -0.15) is 0 Å². The number of pyridine rings is 1. The first-order valence-corrected chi connectivity index (χ1v) is 12.3. The van der Waals surface area contributed by atoms with Crippen molar-refractivity contribution in [3.8, 4) is 0 Å². The molecule has 3 aromatic rings. The molecule has 1 aromatic heterocycles. The molecule has 1 atom stereocenters. The third kappa shape index (κ3) is 8.37. The van der Waals surface area contributed by atoms with Crippen molar-refractivity contribution in [2.45, 2.75) is 32.4 Å². The number of hydrazine groups is 1. The molecule has 0 spiro atoms. The Morgan fingerprint density at radius 3 is 2.66 bits per heavy atom. The van der Waals surface area contributed by atoms with Crippen molar-refractivity contribution in [3.63, 3.8) is 0 Å². The molecule has 10 nitrogen and oxygen atoms in total. The SMILES string of the molecule is CC(=O)N(NCc1cccc(F)c1Cl)[C@@H](CCC(=O)NCCO)COC(=O)Nc1cc2ccccc2cn1. The zero-order chi connectivity index (χ0) is 27.5. The lowest BCUT2D eigenvalue weighted by Gasteiger charge is -2.31. The molecule has 0 fully saturated rings. The van der Waals surface area contributed by atoms with Gasteiger partial charge < -0.3 is 15.2 Å². The molecule has 0 saturated heterocycles. The van der Waals surface area contributed by atoms with Gasteiger partial charge in [0.1, 0.15) is 18.2 Å². The summed E-state index contributed by atoms with van der Waals surface area (Å²) in [5, 5.41) is 16.9. The number of halogens is 2. The molecule has 12 heteroatoms. The van der Waals surface area contributed by atoms with Crippen molar-refractivity contribution in [1.82, 2.24) is 20.7 Å². The Bertz CT molecular complexity index is 1280. The van der Waals surface area contributed by atoms with Gasteiger partial charge in [-0.3, -0.25) is 19.9 Å². The van der Waals surface area contributed by atoms with Crippen molar-refractivity contribution < 1.29 is 28.6 Å². The first kappa shape index (κ1) is 28.8. The van der Waals surface area contributed by atoms with E-state index in [1.807, 2.05) is 24.3 Å². The Balaban J connectivity index is 1.68. The number of aromatic nitrogens is 1. The molecule has 0 saturated carbocycles. The summed E-state index contributed by atoms with van der Waals surface area (Å²) in [7, 11) is 0. The molecule has 4 N–H and O–H groups in total. The van der Waals surface area contributed by atoms with Crippen molar-refractivity contribution in [3.05, 3.63) is 71.1 Å². The number of fused-ring (bicyclic) bond motifs is 1. The standard InChI is InChI=1S/C26H29ClFN5O5/c1-17(35)33(31-15-20-7-4-8-22(28)25(20)27)21(9-10-24(36)29-11-12-34)16-38-26(37)32-23-13-18-5-2-3-6-19(18)14-30-23/h2-8,13-14,21,31,34H,9-12,15-16H2,1H3,(H,29,36)(H,30,32,37)/t21-/m0/s1. The lowest BCUT2D eigenvalue weighted by molar-refractivity contribution is -0.137. The highest BCUT2D eigenvalue weighted by Gasteiger charge is 2.24. The Morgan fingerprint density at radius 1 is 1.16 bits per heavy atom. The van der Waals surface area contributed by atoms with Crippen LogP contribution < -0.4 is 16.1 Å². The molecular formula is C26H29ClFN5O5. The van der Waals surface area contributed by atoms with Crippen molar-refractivity contribution in [2.24, 2.45) is 0 Å². The maximum atomic E-state index is 13.8. The molecule has 0 bridgehead atoms. The van der Waals surface area contributed by atoms with Crippen molar-refractivity contribution in [1.29, 1.82) is 0 Å². The van der Waals surface area contributed by atoms with E-state index < -0.39 is 23.9 Å². The molecule has 1 heterocycles. The number of hydrogen-bond donors (Lipinski definition) is 4. The monoisotopic (exact) mass is 545 g/mol. The molecule has 0 aliphatic heterocycles. The molecule has 2 aromatic carbocycles. The summed E-state index contributed by atoms with van der Waals surface area (Å²) in [6.07, 6.45) is 0.952. The van der Waals surface area contributed by atoms with Gasteiger partial charge in [0.15, 0.2) is 0 Å². The van der Waals surface area contributed by atoms with E-state index >= 15 is 0 Å². The molecule has 0 aliphatic rings. The van der Waals surface area contributed by atoms with Crippen molar-refractivity contribution in [2.75, 3.05) is 25.1 Å². The third-order valence-corrected chi connectivity index (χ3v) is 6.01. The Morgan fingerprint density at radius 2 is 1.92 bits per heavy atom. The molecule has 202 valence electrons. The number of carbonyl (C=O) groups excluding carboxylic acids is 3. The van der Waals surface area contributed by atoms with E-state index in [-0.39, 0.29) is 55.9 Å². The first-order valence-electron chi connectivity index (χ1n) is 11.9. The van der Waals surface area contributed by atoms with E-state index in [1.165, 1.54) is 24.1 Å². The van der Waals surface area contributed by atoms with Gasteiger partial charge in [-0.25, -0.2) is 19.6 Å². The zero-order valence-electron chi connectivity index (χ0n) is 20.7. The number of ether oxygens (including phenoxy) is 1. The maximum absolute atomic E-state index is 13.8. The third-order valence-electron chi connectivity index (χ3n) is 5.58. The van der Waals surface area contributed by atoms with Crippen LogP contribution in [0.4, 0.5) is 15.0 Å². The highest BCUT2D eigenvalue weighted by Crippen LogP contribution is 2.20. The molecule has 0 aliphatic carbocycles. The van der Waals surface area contributed by atoms with Crippen LogP contribution in [-0.4, -0.2) is 58.8 Å². The number of hydrogen-bond acceptors (Lipinski definition) is 7. The summed E-state index contributed by atoms with van der Waals surface area (Å²) in [6, 6.07) is 12.8. The van der Waals surface area contributed by atoms with Gasteiger partial charge in [-0.15, -0.1) is 0 Å². The average Bonchev–Trinajstić information content (AvgIpc) is 2.90. The van der Waals surface area contributed by atoms with Gasteiger partial charge in [0.25, 0.3) is 0 Å². The van der Waals surface area contributed by atoms with Crippen LogP contribution in [0.25, 0.3) is 10.8 Å². The number of aliphatic hydroxyl groups excluding tert-OH is 1. The van der Waals surface area contributed by atoms with Crippen LogP contribution in [0.1, 0.15) is 25.3 Å². The number of carbonyl (C=O) groups is 3. The number of aliphatic hydroxyl groups is 1. The fraction of sp³-hybridized carbons (Fsp3) is 0.308. The molecule has 0 unspecified atom stereocenters. The predicted molar refractivity (Wildman–Crippen MR) is 141 cm³/mol. The van der Waals surface area contributed by atoms with Gasteiger partial charge in [-0.1, -0.05) is 48.0 Å². The summed E-state index contributed by atoms with van der Waals surface area (Å²) in [5.41, 5.74) is 3.32. The van der Waals surface area contributed by atoms with E-state index in [0.717, 1.165) is 10.8 Å².